The smallest absolute Gasteiger partial charge is 0.410 e. The van der Waals surface area contributed by atoms with Crippen LogP contribution < -0.4 is 0 Å². The van der Waals surface area contributed by atoms with Gasteiger partial charge >= 0.3 is 6.09 Å². The van der Waals surface area contributed by atoms with Gasteiger partial charge < -0.3 is 14.8 Å². The average Bonchev–Trinajstić information content (AvgIpc) is 2.72. The van der Waals surface area contributed by atoms with Crippen molar-refractivity contribution in [1.82, 2.24) is 4.90 Å². The summed E-state index contributed by atoms with van der Waals surface area (Å²) in [5.41, 5.74) is 0.372. The van der Waals surface area contributed by atoms with Crippen LogP contribution in [0.5, 0.6) is 0 Å². The van der Waals surface area contributed by atoms with E-state index in [2.05, 4.69) is 5.16 Å². The maximum absolute atomic E-state index is 11.8. The van der Waals surface area contributed by atoms with Gasteiger partial charge in [0.25, 0.3) is 0 Å². The maximum atomic E-state index is 11.8. The van der Waals surface area contributed by atoms with E-state index in [-0.39, 0.29) is 18.1 Å². The van der Waals surface area contributed by atoms with Gasteiger partial charge in [0.2, 0.25) is 0 Å². The van der Waals surface area contributed by atoms with E-state index in [1.807, 2.05) is 20.8 Å². The molecule has 90 valence electrons. The van der Waals surface area contributed by atoms with Gasteiger partial charge in [0.05, 0.1) is 5.71 Å². The number of carbonyl (C=O) groups excluding carboxylic acids is 1. The summed E-state index contributed by atoms with van der Waals surface area (Å²) in [5.74, 6) is 0.225. The highest BCUT2D eigenvalue weighted by Gasteiger charge is 2.46. The number of fused-ring (bicyclic) bond motifs is 2. The van der Waals surface area contributed by atoms with Crippen LogP contribution in [0.3, 0.4) is 0 Å². The highest BCUT2D eigenvalue weighted by molar-refractivity contribution is 5.91. The number of amides is 1. The summed E-state index contributed by atoms with van der Waals surface area (Å²) in [7, 11) is 0. The van der Waals surface area contributed by atoms with Crippen LogP contribution in [-0.4, -0.2) is 40.1 Å². The Morgan fingerprint density at radius 2 is 2.25 bits per heavy atom. The first-order valence-corrected chi connectivity index (χ1v) is 5.61. The quantitative estimate of drug-likeness (QED) is 0.506. The predicted octanol–water partition coefficient (Wildman–Crippen LogP) is 1.85. The number of oxime groups is 1. The molecule has 0 aromatic rings. The lowest BCUT2D eigenvalue weighted by atomic mass is 10.1. The summed E-state index contributed by atoms with van der Waals surface area (Å²) >= 11 is 0. The van der Waals surface area contributed by atoms with E-state index in [4.69, 9.17) is 9.94 Å². The van der Waals surface area contributed by atoms with Gasteiger partial charge in [0, 0.05) is 24.9 Å². The van der Waals surface area contributed by atoms with Crippen molar-refractivity contribution < 1.29 is 14.7 Å². The lowest BCUT2D eigenvalue weighted by Crippen LogP contribution is -2.43. The van der Waals surface area contributed by atoms with Gasteiger partial charge in [-0.2, -0.15) is 0 Å². The Kier molecular flexibility index (Phi) is 2.56. The van der Waals surface area contributed by atoms with E-state index in [1.165, 1.54) is 0 Å². The SMILES string of the molecule is CC(C)(C)OC(=O)N1C[C@@H]2C[C@H]1CC2=NO. The number of hydrogen-bond donors (Lipinski definition) is 1. The number of nitrogens with zero attached hydrogens (tertiary/aromatic N) is 2. The zero-order valence-electron chi connectivity index (χ0n) is 9.93. The van der Waals surface area contributed by atoms with Crippen LogP contribution >= 0.6 is 0 Å². The average molecular weight is 226 g/mol. The zero-order valence-corrected chi connectivity index (χ0v) is 9.93. The first-order valence-electron chi connectivity index (χ1n) is 5.61. The second-order valence-corrected chi connectivity index (χ2v) is 5.51. The number of ether oxygens (including phenoxy) is 1. The molecule has 1 amide bonds. The van der Waals surface area contributed by atoms with Gasteiger partial charge in [-0.25, -0.2) is 4.79 Å². The van der Waals surface area contributed by atoms with Crippen LogP contribution in [0, 0.1) is 5.92 Å². The molecule has 1 heterocycles. The summed E-state index contributed by atoms with van der Waals surface area (Å²) in [4.78, 5) is 13.6. The fourth-order valence-corrected chi connectivity index (χ4v) is 2.43. The van der Waals surface area contributed by atoms with Crippen molar-refractivity contribution in [2.24, 2.45) is 11.1 Å². The minimum Gasteiger partial charge on any atom is -0.444 e. The van der Waals surface area contributed by atoms with Crippen LogP contribution in [-0.2, 0) is 4.74 Å². The molecule has 1 aliphatic carbocycles. The van der Waals surface area contributed by atoms with Crippen LogP contribution in [0.15, 0.2) is 5.16 Å². The number of hydrogen-bond acceptors (Lipinski definition) is 4. The molecule has 2 fully saturated rings. The fraction of sp³-hybridized carbons (Fsp3) is 0.818. The van der Waals surface area contributed by atoms with Gasteiger partial charge in [0.1, 0.15) is 5.60 Å². The third kappa shape index (κ3) is 1.99. The highest BCUT2D eigenvalue weighted by Crippen LogP contribution is 2.36. The Morgan fingerprint density at radius 1 is 1.56 bits per heavy atom. The first kappa shape index (κ1) is 11.2. The molecule has 0 spiro atoms. The molecule has 16 heavy (non-hydrogen) atoms. The lowest BCUT2D eigenvalue weighted by molar-refractivity contribution is 0.0219. The van der Waals surface area contributed by atoms with Crippen molar-refractivity contribution in [2.75, 3.05) is 6.54 Å². The third-order valence-electron chi connectivity index (χ3n) is 3.09. The van der Waals surface area contributed by atoms with Crippen LogP contribution in [0.1, 0.15) is 33.6 Å². The van der Waals surface area contributed by atoms with Crippen LogP contribution in [0.2, 0.25) is 0 Å². The molecular formula is C11H18N2O3. The molecule has 2 atom stereocenters. The Bertz CT molecular complexity index is 333. The molecule has 0 aromatic carbocycles. The molecule has 1 saturated heterocycles. The standard InChI is InChI=1S/C11H18N2O3/c1-11(2,3)16-10(14)13-6-7-4-8(13)5-9(7)12-15/h7-8,15H,4-6H2,1-3H3/t7-,8-/m0/s1. The monoisotopic (exact) mass is 226 g/mol. The van der Waals surface area contributed by atoms with Crippen molar-refractivity contribution >= 4 is 11.8 Å². The minimum atomic E-state index is -0.452. The summed E-state index contributed by atoms with van der Waals surface area (Å²) < 4.78 is 5.33. The molecule has 0 radical (unpaired) electrons. The van der Waals surface area contributed by atoms with Gasteiger partial charge in [-0.1, -0.05) is 5.16 Å². The van der Waals surface area contributed by atoms with Crippen molar-refractivity contribution in [3.8, 4) is 0 Å². The van der Waals surface area contributed by atoms with Gasteiger partial charge in [-0.3, -0.25) is 0 Å². The Hall–Kier alpha value is -1.26. The highest BCUT2D eigenvalue weighted by atomic mass is 16.6. The largest absolute Gasteiger partial charge is 0.444 e. The van der Waals surface area contributed by atoms with E-state index in [1.54, 1.807) is 4.90 Å². The van der Waals surface area contributed by atoms with E-state index < -0.39 is 5.60 Å². The molecule has 5 nitrogen and oxygen atoms in total. The minimum absolute atomic E-state index is 0.158. The van der Waals surface area contributed by atoms with E-state index in [0.29, 0.717) is 13.0 Å². The Morgan fingerprint density at radius 3 is 2.69 bits per heavy atom. The molecule has 0 aromatic heterocycles. The lowest BCUT2D eigenvalue weighted by Gasteiger charge is -2.30. The van der Waals surface area contributed by atoms with Crippen LogP contribution in [0.4, 0.5) is 4.79 Å². The second-order valence-electron chi connectivity index (χ2n) is 5.51. The molecule has 1 saturated carbocycles. The molecule has 1 aliphatic heterocycles. The van der Waals surface area contributed by atoms with Crippen molar-refractivity contribution in [3.63, 3.8) is 0 Å². The first-order chi connectivity index (χ1) is 7.40. The number of likely N-dealkylation sites (tertiary alicyclic amines) is 1. The Labute approximate surface area is 95.1 Å². The summed E-state index contributed by atoms with van der Waals surface area (Å²) in [6.45, 7) is 6.21. The third-order valence-corrected chi connectivity index (χ3v) is 3.09. The molecule has 1 N–H and O–H groups in total. The second kappa shape index (κ2) is 3.64. The predicted molar refractivity (Wildman–Crippen MR) is 58.7 cm³/mol. The van der Waals surface area contributed by atoms with Crippen LogP contribution in [0.25, 0.3) is 0 Å². The van der Waals surface area contributed by atoms with Gasteiger partial charge in [-0.15, -0.1) is 0 Å². The van der Waals surface area contributed by atoms with Gasteiger partial charge in [-0.05, 0) is 27.2 Å². The molecule has 2 bridgehead atoms. The number of rotatable bonds is 0. The number of carbonyl (C=O) groups is 1. The fourth-order valence-electron chi connectivity index (χ4n) is 2.43. The summed E-state index contributed by atoms with van der Waals surface area (Å²) in [6, 6.07) is 0.158. The molecule has 2 aliphatic rings. The van der Waals surface area contributed by atoms with E-state index >= 15 is 0 Å². The Balaban J connectivity index is 1.98. The van der Waals surface area contributed by atoms with E-state index in [9.17, 15) is 4.79 Å². The topological polar surface area (TPSA) is 62.1 Å². The number of piperidine rings is 1. The van der Waals surface area contributed by atoms with Crippen molar-refractivity contribution in [3.05, 3.63) is 0 Å². The maximum Gasteiger partial charge on any atom is 0.410 e. The van der Waals surface area contributed by atoms with Crippen molar-refractivity contribution in [1.29, 1.82) is 0 Å². The van der Waals surface area contributed by atoms with E-state index in [0.717, 1.165) is 12.1 Å². The summed E-state index contributed by atoms with van der Waals surface area (Å²) in [5, 5.41) is 12.0. The normalized spacial score (nSPS) is 31.2. The van der Waals surface area contributed by atoms with Crippen molar-refractivity contribution in [2.45, 2.75) is 45.3 Å². The molecular weight excluding hydrogens is 208 g/mol. The summed E-state index contributed by atoms with van der Waals surface area (Å²) in [6.07, 6.45) is 1.33. The van der Waals surface area contributed by atoms with Gasteiger partial charge in [0.15, 0.2) is 0 Å². The molecule has 2 rings (SSSR count). The molecule has 0 unspecified atom stereocenters. The zero-order chi connectivity index (χ0) is 11.9. The molecule has 5 heteroatoms.